The van der Waals surface area contributed by atoms with Crippen LogP contribution < -0.4 is 15.7 Å². The van der Waals surface area contributed by atoms with Gasteiger partial charge in [0, 0.05) is 30.7 Å². The van der Waals surface area contributed by atoms with Gasteiger partial charge >= 0.3 is 7.12 Å². The standard InChI is InChI=1S/C26H36BN5O5Si/c1-26(2,3)38(4,5)36-11-9-19-12-18-13-20(6-7-23(18)37-27(19)34)30-25-21(24(29)33)15-32(31-25)22-16-35-10-8-17(22)14-28/h6-7,12-13,15,17,22,34H,8-11,16H2,1-5H3,(H2,29,33)(H,30,31)/t17-,22?/m1/s1. The van der Waals surface area contributed by atoms with E-state index < -0.39 is 21.3 Å². The number of nitrogens with zero attached hydrogens (tertiary/aromatic N) is 3. The van der Waals surface area contributed by atoms with Gasteiger partial charge in [-0.3, -0.25) is 9.48 Å². The number of nitrogens with two attached hydrogens (primary N) is 1. The summed E-state index contributed by atoms with van der Waals surface area (Å²) in [5.41, 5.74) is 8.03. The summed E-state index contributed by atoms with van der Waals surface area (Å²) in [5, 5.41) is 27.9. The van der Waals surface area contributed by atoms with E-state index in [1.807, 2.05) is 12.1 Å². The molecule has 2 aromatic rings. The number of primary amides is 1. The number of carbonyl (C=O) groups excluding carboxylic acids is 1. The van der Waals surface area contributed by atoms with Crippen LogP contribution in [0.2, 0.25) is 18.1 Å². The molecule has 1 amide bonds. The maximum Gasteiger partial charge on any atom is 0.555 e. The SMILES string of the molecule is CC(C)(C)[Si](C)(C)OCCC1=Cc2cc(Nc3nn(C4COCC[C@@H]4C#N)cc3C(N)=O)ccc2OB1O. The average Bonchev–Trinajstić information content (AvgIpc) is 3.27. The van der Waals surface area contributed by atoms with Crippen molar-refractivity contribution in [2.75, 3.05) is 25.1 Å². The Morgan fingerprint density at radius 2 is 2.18 bits per heavy atom. The molecule has 1 aromatic carbocycles. The minimum absolute atomic E-state index is 0.104. The van der Waals surface area contributed by atoms with E-state index in [0.29, 0.717) is 49.9 Å². The van der Waals surface area contributed by atoms with Crippen molar-refractivity contribution in [2.45, 2.75) is 57.8 Å². The molecule has 0 aliphatic carbocycles. The molecule has 2 aliphatic rings. The van der Waals surface area contributed by atoms with Crippen LogP contribution in [0.25, 0.3) is 6.08 Å². The van der Waals surface area contributed by atoms with Crippen molar-refractivity contribution < 1.29 is 23.6 Å². The fraction of sp³-hybridized carbons (Fsp3) is 0.500. The summed E-state index contributed by atoms with van der Waals surface area (Å²) in [4.78, 5) is 12.2. The summed E-state index contributed by atoms with van der Waals surface area (Å²) in [7, 11) is -2.93. The van der Waals surface area contributed by atoms with Crippen molar-refractivity contribution in [3.8, 4) is 11.8 Å². The Labute approximate surface area is 225 Å². The average molecular weight is 538 g/mol. The number of anilines is 2. The molecule has 1 saturated heterocycles. The lowest BCUT2D eigenvalue weighted by Gasteiger charge is -2.36. The summed E-state index contributed by atoms with van der Waals surface area (Å²) in [5.74, 6) is -0.0523. The molecular weight excluding hydrogens is 501 g/mol. The van der Waals surface area contributed by atoms with Gasteiger partial charge in [-0.2, -0.15) is 10.4 Å². The Bertz CT molecular complexity index is 1270. The molecule has 0 spiro atoms. The maximum atomic E-state index is 12.2. The van der Waals surface area contributed by atoms with Crippen molar-refractivity contribution in [1.82, 2.24) is 9.78 Å². The highest BCUT2D eigenvalue weighted by atomic mass is 28.4. The molecule has 12 heteroatoms. The quantitative estimate of drug-likeness (QED) is 0.428. The van der Waals surface area contributed by atoms with Gasteiger partial charge in [0.15, 0.2) is 14.1 Å². The summed E-state index contributed by atoms with van der Waals surface area (Å²) < 4.78 is 19.2. The van der Waals surface area contributed by atoms with Gasteiger partial charge < -0.3 is 29.9 Å². The summed E-state index contributed by atoms with van der Waals surface area (Å²) >= 11 is 0. The zero-order valence-electron chi connectivity index (χ0n) is 22.7. The Morgan fingerprint density at radius 1 is 1.42 bits per heavy atom. The van der Waals surface area contributed by atoms with Crippen molar-refractivity contribution in [1.29, 1.82) is 5.26 Å². The van der Waals surface area contributed by atoms with E-state index in [4.69, 9.17) is 19.6 Å². The molecule has 0 saturated carbocycles. The number of nitrogens with one attached hydrogen (secondary N) is 1. The number of nitriles is 1. The molecule has 1 aromatic heterocycles. The minimum Gasteiger partial charge on any atom is -0.532 e. The number of hydrogen-bond acceptors (Lipinski definition) is 8. The molecule has 2 atom stereocenters. The number of benzene rings is 1. The molecule has 0 radical (unpaired) electrons. The third-order valence-corrected chi connectivity index (χ3v) is 12.2. The predicted octanol–water partition coefficient (Wildman–Crippen LogP) is 4.03. The lowest BCUT2D eigenvalue weighted by molar-refractivity contribution is 0.0342. The van der Waals surface area contributed by atoms with Crippen LogP contribution in [-0.2, 0) is 9.16 Å². The van der Waals surface area contributed by atoms with Gasteiger partial charge in [0.05, 0.1) is 24.6 Å². The number of aromatic nitrogens is 2. The first-order chi connectivity index (χ1) is 17.9. The molecule has 1 fully saturated rings. The lowest BCUT2D eigenvalue weighted by Crippen LogP contribution is -2.41. The van der Waals surface area contributed by atoms with Crippen LogP contribution in [-0.4, -0.2) is 56.0 Å². The molecule has 3 heterocycles. The summed E-state index contributed by atoms with van der Waals surface area (Å²) in [6, 6.07) is 7.39. The van der Waals surface area contributed by atoms with Crippen LogP contribution in [0.5, 0.6) is 5.75 Å². The van der Waals surface area contributed by atoms with Gasteiger partial charge in [0.1, 0.15) is 11.3 Å². The molecular formula is C26H36BN5O5Si. The van der Waals surface area contributed by atoms with Crippen LogP contribution in [0.4, 0.5) is 11.5 Å². The molecule has 0 bridgehead atoms. The van der Waals surface area contributed by atoms with Crippen LogP contribution in [0, 0.1) is 17.2 Å². The van der Waals surface area contributed by atoms with Crippen molar-refractivity contribution in [3.63, 3.8) is 0 Å². The number of amides is 1. The number of hydrogen-bond donors (Lipinski definition) is 3. The van der Waals surface area contributed by atoms with E-state index in [0.717, 1.165) is 11.0 Å². The van der Waals surface area contributed by atoms with Gasteiger partial charge in [-0.1, -0.05) is 26.8 Å². The number of carbonyl (C=O) groups is 1. The highest BCUT2D eigenvalue weighted by molar-refractivity contribution is 6.74. The smallest absolute Gasteiger partial charge is 0.532 e. The molecule has 10 nitrogen and oxygen atoms in total. The molecule has 38 heavy (non-hydrogen) atoms. The largest absolute Gasteiger partial charge is 0.555 e. The molecule has 202 valence electrons. The number of rotatable bonds is 8. The van der Waals surface area contributed by atoms with Gasteiger partial charge in [-0.05, 0) is 54.6 Å². The molecule has 2 aliphatic heterocycles. The van der Waals surface area contributed by atoms with Crippen LogP contribution in [0.15, 0.2) is 29.9 Å². The Kier molecular flexibility index (Phi) is 8.04. The Morgan fingerprint density at radius 3 is 2.87 bits per heavy atom. The van der Waals surface area contributed by atoms with E-state index in [-0.39, 0.29) is 22.6 Å². The van der Waals surface area contributed by atoms with Crippen molar-refractivity contribution >= 4 is 38.9 Å². The van der Waals surface area contributed by atoms with Gasteiger partial charge in [-0.25, -0.2) is 0 Å². The van der Waals surface area contributed by atoms with E-state index in [1.54, 1.807) is 23.0 Å². The van der Waals surface area contributed by atoms with Crippen molar-refractivity contribution in [2.24, 2.45) is 11.7 Å². The van der Waals surface area contributed by atoms with Gasteiger partial charge in [0.25, 0.3) is 5.91 Å². The second-order valence-electron chi connectivity index (χ2n) is 11.3. The maximum absolute atomic E-state index is 12.2. The van der Waals surface area contributed by atoms with Gasteiger partial charge in [0.2, 0.25) is 0 Å². The first kappa shape index (κ1) is 27.9. The highest BCUT2D eigenvalue weighted by Crippen LogP contribution is 2.37. The first-order valence-corrected chi connectivity index (χ1v) is 15.8. The van der Waals surface area contributed by atoms with E-state index in [1.165, 1.54) is 0 Å². The Balaban J connectivity index is 1.53. The number of ether oxygens (including phenoxy) is 1. The van der Waals surface area contributed by atoms with E-state index >= 15 is 0 Å². The fourth-order valence-electron chi connectivity index (χ4n) is 4.25. The monoisotopic (exact) mass is 537 g/mol. The summed E-state index contributed by atoms with van der Waals surface area (Å²) in [6.07, 6.45) is 4.62. The third-order valence-electron chi connectivity index (χ3n) is 7.66. The van der Waals surface area contributed by atoms with E-state index in [9.17, 15) is 15.1 Å². The highest BCUT2D eigenvalue weighted by Gasteiger charge is 2.37. The lowest BCUT2D eigenvalue weighted by atomic mass is 9.74. The van der Waals surface area contributed by atoms with Crippen LogP contribution in [0.3, 0.4) is 0 Å². The van der Waals surface area contributed by atoms with Crippen LogP contribution in [0.1, 0.15) is 55.6 Å². The molecule has 1 unspecified atom stereocenters. The second-order valence-corrected chi connectivity index (χ2v) is 16.1. The third kappa shape index (κ3) is 5.96. The van der Waals surface area contributed by atoms with Crippen LogP contribution >= 0.6 is 0 Å². The minimum atomic E-state index is -1.90. The fourth-order valence-corrected chi connectivity index (χ4v) is 5.30. The summed E-state index contributed by atoms with van der Waals surface area (Å²) in [6.45, 7) is 12.3. The zero-order chi connectivity index (χ0) is 27.7. The second kappa shape index (κ2) is 10.9. The predicted molar refractivity (Wildman–Crippen MR) is 148 cm³/mol. The number of fused-ring (bicyclic) bond motifs is 1. The van der Waals surface area contributed by atoms with Crippen molar-refractivity contribution in [3.05, 3.63) is 41.0 Å². The van der Waals surface area contributed by atoms with E-state index in [2.05, 4.69) is 50.3 Å². The first-order valence-electron chi connectivity index (χ1n) is 12.9. The normalized spacial score (nSPS) is 19.7. The zero-order valence-corrected chi connectivity index (χ0v) is 23.7. The van der Waals surface area contributed by atoms with Gasteiger partial charge in [-0.15, -0.1) is 0 Å². The Hall–Kier alpha value is -3.11. The molecule has 4 rings (SSSR count). The molecule has 4 N–H and O–H groups in total. The topological polar surface area (TPSA) is 145 Å².